The van der Waals surface area contributed by atoms with E-state index in [0.29, 0.717) is 0 Å². The maximum Gasteiger partial charge on any atom is 0.491 e. The van der Waals surface area contributed by atoms with E-state index in [4.69, 9.17) is 5.11 Å². The van der Waals surface area contributed by atoms with Gasteiger partial charge in [-0.3, -0.25) is 0 Å². The van der Waals surface area contributed by atoms with E-state index < -0.39 is 24.3 Å². The largest absolute Gasteiger partial charge is 0.491 e. The molecule has 0 aromatic carbocycles. The Kier molecular flexibility index (Phi) is 6.73. The Morgan fingerprint density at radius 1 is 1.00 bits per heavy atom. The van der Waals surface area contributed by atoms with E-state index in [1.165, 1.54) is 0 Å². The van der Waals surface area contributed by atoms with Crippen LogP contribution in [0.5, 0.6) is 0 Å². The molecule has 0 saturated carbocycles. The monoisotopic (exact) mass is 256 g/mol. The number of halogens is 6. The van der Waals surface area contributed by atoms with Crippen molar-refractivity contribution < 1.29 is 45.8 Å². The predicted octanol–water partition coefficient (Wildman–Crippen LogP) is 1.18. The summed E-state index contributed by atoms with van der Waals surface area (Å²) in [4.78, 5) is 19.3. The third kappa shape index (κ3) is 8.03. The topological polar surface area (TPSA) is 63.6 Å². The molecule has 0 bridgehead atoms. The zero-order chi connectivity index (χ0) is 13.6. The van der Waals surface area contributed by atoms with Crippen LogP contribution in [0.3, 0.4) is 0 Å². The molecule has 0 aliphatic rings. The molecular weight excluding hydrogens is 250 g/mol. The highest BCUT2D eigenvalue weighted by molar-refractivity contribution is 5.90. The van der Waals surface area contributed by atoms with Crippen LogP contribution in [0.4, 0.5) is 26.3 Å². The quantitative estimate of drug-likeness (QED) is 0.401. The molecule has 0 aromatic rings. The van der Waals surface area contributed by atoms with Crippen molar-refractivity contribution in [2.45, 2.75) is 19.3 Å². The fourth-order valence-corrected chi connectivity index (χ4v) is 0.200. The summed E-state index contributed by atoms with van der Waals surface area (Å²) in [7, 11) is 0. The Hall–Kier alpha value is -1.32. The summed E-state index contributed by atoms with van der Waals surface area (Å²) >= 11 is 0. The van der Waals surface area contributed by atoms with Gasteiger partial charge in [-0.25, -0.2) is 9.59 Å². The number of hydrogen-bond acceptors (Lipinski definition) is 4. The number of rotatable bonds is 0. The molecule has 0 aliphatic heterocycles. The summed E-state index contributed by atoms with van der Waals surface area (Å²) in [5.41, 5.74) is 0. The molecule has 0 amide bonds. The van der Waals surface area contributed by atoms with Gasteiger partial charge in [0.05, 0.1) is 0 Å². The van der Waals surface area contributed by atoms with Gasteiger partial charge in [0.25, 0.3) is 0 Å². The summed E-state index contributed by atoms with van der Waals surface area (Å²) in [6.45, 7) is 1.93. The molecule has 0 saturated heterocycles. The molecule has 0 heterocycles. The van der Waals surface area contributed by atoms with Crippen molar-refractivity contribution >= 4 is 11.9 Å². The third-order valence-corrected chi connectivity index (χ3v) is 0.648. The average Bonchev–Trinajstić information content (AvgIpc) is 2.01. The lowest BCUT2D eigenvalue weighted by Crippen LogP contribution is -2.34. The average molecular weight is 256 g/mol. The minimum atomic E-state index is -5.62. The minimum absolute atomic E-state index is 0.250. The van der Waals surface area contributed by atoms with Crippen molar-refractivity contribution in [2.24, 2.45) is 0 Å². The van der Waals surface area contributed by atoms with Gasteiger partial charge in [0.2, 0.25) is 0 Å². The molecule has 0 spiro atoms. The van der Waals surface area contributed by atoms with Gasteiger partial charge in [-0.2, -0.15) is 26.3 Å². The molecular formula is C6H6F6O4. The normalized spacial score (nSPS) is 11.2. The number of esters is 2. The second kappa shape index (κ2) is 6.30. The van der Waals surface area contributed by atoms with Gasteiger partial charge in [-0.05, 0) is 6.92 Å². The minimum Gasteiger partial charge on any atom is -0.397 e. The molecule has 0 rings (SSSR count). The van der Waals surface area contributed by atoms with E-state index in [-0.39, 0.29) is 6.61 Å². The number of hydrogen-bond donors (Lipinski definition) is 1. The summed E-state index contributed by atoms with van der Waals surface area (Å²) in [6, 6.07) is 0. The van der Waals surface area contributed by atoms with E-state index in [1.807, 2.05) is 0 Å². The van der Waals surface area contributed by atoms with Gasteiger partial charge in [0.1, 0.15) is 0 Å². The molecule has 96 valence electrons. The van der Waals surface area contributed by atoms with Gasteiger partial charge >= 0.3 is 24.3 Å². The first-order chi connectivity index (χ1) is 6.96. The zero-order valence-corrected chi connectivity index (χ0v) is 7.65. The van der Waals surface area contributed by atoms with Crippen molar-refractivity contribution in [3.8, 4) is 0 Å². The molecule has 0 radical (unpaired) electrons. The maximum atomic E-state index is 11.2. The van der Waals surface area contributed by atoms with Gasteiger partial charge in [-0.1, -0.05) is 0 Å². The molecule has 10 heteroatoms. The Morgan fingerprint density at radius 2 is 1.19 bits per heavy atom. The van der Waals surface area contributed by atoms with E-state index in [2.05, 4.69) is 4.74 Å². The van der Waals surface area contributed by atoms with Crippen LogP contribution < -0.4 is 0 Å². The first kappa shape index (κ1) is 17.1. The molecule has 0 unspecified atom stereocenters. The Balaban J connectivity index is 0. The van der Waals surface area contributed by atoms with Gasteiger partial charge < -0.3 is 9.84 Å². The second-order valence-corrected chi connectivity index (χ2v) is 1.99. The number of carbonyl (C=O) groups excluding carboxylic acids is 2. The molecule has 0 aliphatic carbocycles. The molecule has 0 fully saturated rings. The zero-order valence-electron chi connectivity index (χ0n) is 7.65. The number of ether oxygens (including phenoxy) is 1. The maximum absolute atomic E-state index is 11.2. The van der Waals surface area contributed by atoms with Crippen molar-refractivity contribution in [1.29, 1.82) is 0 Å². The third-order valence-electron chi connectivity index (χ3n) is 0.648. The number of alkyl halides is 6. The predicted molar refractivity (Wildman–Crippen MR) is 36.0 cm³/mol. The van der Waals surface area contributed by atoms with Crippen LogP contribution >= 0.6 is 0 Å². The van der Waals surface area contributed by atoms with Gasteiger partial charge in [-0.15, -0.1) is 0 Å². The lowest BCUT2D eigenvalue weighted by molar-refractivity contribution is -0.221. The van der Waals surface area contributed by atoms with Crippen molar-refractivity contribution in [3.05, 3.63) is 0 Å². The van der Waals surface area contributed by atoms with E-state index in [1.54, 1.807) is 6.92 Å². The summed E-state index contributed by atoms with van der Waals surface area (Å²) < 4.78 is 69.7. The lowest BCUT2D eigenvalue weighted by Gasteiger charge is -2.06. The fraction of sp³-hybridized carbons (Fsp3) is 0.667. The van der Waals surface area contributed by atoms with Crippen molar-refractivity contribution in [2.75, 3.05) is 6.61 Å². The van der Waals surface area contributed by atoms with Crippen LogP contribution in [-0.2, 0) is 14.3 Å². The first-order valence-electron chi connectivity index (χ1n) is 3.47. The fourth-order valence-electron chi connectivity index (χ4n) is 0.200. The van der Waals surface area contributed by atoms with E-state index in [9.17, 15) is 35.9 Å². The molecule has 0 atom stereocenters. The first-order valence-corrected chi connectivity index (χ1v) is 3.47. The lowest BCUT2D eigenvalue weighted by atomic mass is 10.6. The van der Waals surface area contributed by atoms with Crippen LogP contribution in [0.25, 0.3) is 0 Å². The Labute approximate surface area is 84.8 Å². The summed E-state index contributed by atoms with van der Waals surface area (Å²) in [5.74, 6) is -6.40. The SMILES string of the molecule is CCO.O=C(OC(=O)C(F)(F)F)C(F)(F)F. The Morgan fingerprint density at radius 3 is 1.31 bits per heavy atom. The van der Waals surface area contributed by atoms with E-state index in [0.717, 1.165) is 0 Å². The molecule has 4 nitrogen and oxygen atoms in total. The summed E-state index contributed by atoms with van der Waals surface area (Å²) in [6.07, 6.45) is -11.2. The van der Waals surface area contributed by atoms with Crippen LogP contribution in [0, 0.1) is 0 Å². The number of aliphatic hydroxyl groups excluding tert-OH is 1. The smallest absolute Gasteiger partial charge is 0.397 e. The van der Waals surface area contributed by atoms with Crippen LogP contribution in [0.15, 0.2) is 0 Å². The van der Waals surface area contributed by atoms with Gasteiger partial charge in [0, 0.05) is 6.61 Å². The van der Waals surface area contributed by atoms with Gasteiger partial charge in [0.15, 0.2) is 0 Å². The number of carbonyl (C=O) groups is 2. The molecule has 16 heavy (non-hydrogen) atoms. The highest BCUT2D eigenvalue weighted by Gasteiger charge is 2.49. The highest BCUT2D eigenvalue weighted by atomic mass is 19.4. The molecule has 0 aromatic heterocycles. The standard InChI is InChI=1S/C4F6O3.C2H6O/c5-3(6,7)1(11)13-2(12)4(8,9)10;1-2-3/h;3H,2H2,1H3. The summed E-state index contributed by atoms with van der Waals surface area (Å²) in [5, 5.41) is 7.57. The van der Waals surface area contributed by atoms with E-state index >= 15 is 0 Å². The highest BCUT2D eigenvalue weighted by Crippen LogP contribution is 2.21. The second-order valence-electron chi connectivity index (χ2n) is 1.99. The van der Waals surface area contributed by atoms with Crippen LogP contribution in [0.1, 0.15) is 6.92 Å². The van der Waals surface area contributed by atoms with Crippen LogP contribution in [0.2, 0.25) is 0 Å². The van der Waals surface area contributed by atoms with Crippen molar-refractivity contribution in [3.63, 3.8) is 0 Å². The molecule has 1 N–H and O–H groups in total. The number of aliphatic hydroxyl groups is 1. The van der Waals surface area contributed by atoms with Crippen molar-refractivity contribution in [1.82, 2.24) is 0 Å². The Bertz CT molecular complexity index is 218. The van der Waals surface area contributed by atoms with Crippen LogP contribution in [-0.4, -0.2) is 36.0 Å².